The molecule has 2 aromatic rings. The van der Waals surface area contributed by atoms with Crippen LogP contribution in [0.1, 0.15) is 26.3 Å². The van der Waals surface area contributed by atoms with Crippen molar-refractivity contribution in [2.75, 3.05) is 7.11 Å². The minimum Gasteiger partial charge on any atom is -0.497 e. The molecule has 0 amide bonds. The quantitative estimate of drug-likeness (QED) is 0.836. The maximum absolute atomic E-state index is 12.5. The molecule has 0 heterocycles. The molecule has 0 aromatic heterocycles. The van der Waals surface area contributed by atoms with Crippen molar-refractivity contribution < 1.29 is 14.3 Å². The first-order chi connectivity index (χ1) is 9.70. The zero-order valence-corrected chi connectivity index (χ0v) is 10.9. The molecule has 0 atom stereocenters. The van der Waals surface area contributed by atoms with E-state index in [0.29, 0.717) is 22.4 Å². The molecule has 0 radical (unpaired) electrons. The maximum atomic E-state index is 12.5. The zero-order valence-electron chi connectivity index (χ0n) is 10.9. The highest BCUT2D eigenvalue weighted by Crippen LogP contribution is 2.29. The summed E-state index contributed by atoms with van der Waals surface area (Å²) in [5.74, 6) is 0.271. The van der Waals surface area contributed by atoms with E-state index < -0.39 is 0 Å². The standard InChI is InChI=1S/C17H12O3/c1-20-12-7-8-13-15(9-12)16(18)10-14(17(13)19)11-5-3-2-4-6-11/h2-10H,1H3. The van der Waals surface area contributed by atoms with E-state index in [9.17, 15) is 9.59 Å². The number of carbonyl (C=O) groups excluding carboxylic acids is 2. The van der Waals surface area contributed by atoms with Crippen LogP contribution in [-0.2, 0) is 0 Å². The molecule has 0 N–H and O–H groups in total. The Morgan fingerprint density at radius 2 is 1.65 bits per heavy atom. The molecule has 0 fully saturated rings. The van der Waals surface area contributed by atoms with Crippen molar-refractivity contribution in [3.63, 3.8) is 0 Å². The number of allylic oxidation sites excluding steroid dienone is 2. The number of ether oxygens (including phenoxy) is 1. The van der Waals surface area contributed by atoms with Gasteiger partial charge in [-0.1, -0.05) is 30.3 Å². The summed E-state index contributed by atoms with van der Waals surface area (Å²) in [6.07, 6.45) is 1.40. The van der Waals surface area contributed by atoms with Crippen molar-refractivity contribution in [3.8, 4) is 5.75 Å². The fraction of sp³-hybridized carbons (Fsp3) is 0.0588. The molecule has 0 saturated heterocycles. The fourth-order valence-electron chi connectivity index (χ4n) is 2.30. The van der Waals surface area contributed by atoms with Gasteiger partial charge in [0.25, 0.3) is 0 Å². The van der Waals surface area contributed by atoms with Crippen LogP contribution in [0.25, 0.3) is 5.57 Å². The summed E-state index contributed by atoms with van der Waals surface area (Å²) in [6, 6.07) is 14.2. The summed E-state index contributed by atoms with van der Waals surface area (Å²) in [4.78, 5) is 24.7. The topological polar surface area (TPSA) is 43.4 Å². The third kappa shape index (κ3) is 1.93. The summed E-state index contributed by atoms with van der Waals surface area (Å²) in [5.41, 5.74) is 2.02. The second-order valence-corrected chi connectivity index (χ2v) is 4.53. The Hall–Kier alpha value is -2.68. The van der Waals surface area contributed by atoms with E-state index in [-0.39, 0.29) is 11.6 Å². The average Bonchev–Trinajstić information content (AvgIpc) is 2.51. The monoisotopic (exact) mass is 264 g/mol. The van der Waals surface area contributed by atoms with Gasteiger partial charge in [-0.3, -0.25) is 9.59 Å². The number of hydrogen-bond donors (Lipinski definition) is 0. The highest BCUT2D eigenvalue weighted by molar-refractivity contribution is 6.38. The first kappa shape index (κ1) is 12.4. The number of Topliss-reactive ketones (excluding diaryl/α,β-unsaturated/α-hetero) is 1. The SMILES string of the molecule is COc1ccc2c(c1)C(=O)C=C(c1ccccc1)C2=O. The van der Waals surface area contributed by atoms with Crippen LogP contribution in [0.4, 0.5) is 0 Å². The molecular formula is C17H12O3. The molecule has 3 rings (SSSR count). The lowest BCUT2D eigenvalue weighted by Crippen LogP contribution is -2.16. The van der Waals surface area contributed by atoms with Crippen molar-refractivity contribution in [3.05, 3.63) is 71.3 Å². The number of hydrogen-bond acceptors (Lipinski definition) is 3. The van der Waals surface area contributed by atoms with Crippen LogP contribution in [0.5, 0.6) is 5.75 Å². The van der Waals surface area contributed by atoms with Crippen LogP contribution in [0.15, 0.2) is 54.6 Å². The van der Waals surface area contributed by atoms with Crippen molar-refractivity contribution >= 4 is 17.1 Å². The van der Waals surface area contributed by atoms with Gasteiger partial charge in [0.05, 0.1) is 7.11 Å². The second kappa shape index (κ2) is 4.78. The smallest absolute Gasteiger partial charge is 0.194 e. The van der Waals surface area contributed by atoms with Crippen LogP contribution in [0.2, 0.25) is 0 Å². The molecule has 2 aromatic carbocycles. The maximum Gasteiger partial charge on any atom is 0.194 e. The summed E-state index contributed by atoms with van der Waals surface area (Å²) in [5, 5.41) is 0. The molecular weight excluding hydrogens is 252 g/mol. The lowest BCUT2D eigenvalue weighted by atomic mass is 9.86. The van der Waals surface area contributed by atoms with E-state index in [1.165, 1.54) is 13.2 Å². The number of ketones is 2. The normalized spacial score (nSPS) is 13.8. The average molecular weight is 264 g/mol. The van der Waals surface area contributed by atoms with Gasteiger partial charge in [0, 0.05) is 16.7 Å². The molecule has 0 aliphatic heterocycles. The number of methoxy groups -OCH3 is 1. The van der Waals surface area contributed by atoms with Gasteiger partial charge < -0.3 is 4.74 Å². The molecule has 3 nitrogen and oxygen atoms in total. The molecule has 0 unspecified atom stereocenters. The van der Waals surface area contributed by atoms with Crippen LogP contribution in [0, 0.1) is 0 Å². The zero-order chi connectivity index (χ0) is 14.1. The first-order valence-corrected chi connectivity index (χ1v) is 6.25. The Bertz CT molecular complexity index is 727. The van der Waals surface area contributed by atoms with Gasteiger partial charge >= 0.3 is 0 Å². The van der Waals surface area contributed by atoms with E-state index in [0.717, 1.165) is 5.56 Å². The highest BCUT2D eigenvalue weighted by atomic mass is 16.5. The van der Waals surface area contributed by atoms with E-state index in [1.54, 1.807) is 18.2 Å². The Balaban J connectivity index is 2.12. The van der Waals surface area contributed by atoms with Crippen molar-refractivity contribution in [2.24, 2.45) is 0 Å². The Kier molecular flexibility index (Phi) is 2.95. The Morgan fingerprint density at radius 3 is 2.35 bits per heavy atom. The number of carbonyl (C=O) groups is 2. The molecule has 3 heteroatoms. The molecule has 0 spiro atoms. The largest absolute Gasteiger partial charge is 0.497 e. The Morgan fingerprint density at radius 1 is 0.900 bits per heavy atom. The molecule has 1 aliphatic rings. The van der Waals surface area contributed by atoms with Crippen LogP contribution in [-0.4, -0.2) is 18.7 Å². The van der Waals surface area contributed by atoms with Gasteiger partial charge in [-0.25, -0.2) is 0 Å². The summed E-state index contributed by atoms with van der Waals surface area (Å²) in [6.45, 7) is 0. The molecule has 1 aliphatic carbocycles. The minimum atomic E-state index is -0.169. The van der Waals surface area contributed by atoms with Gasteiger partial charge in [0.15, 0.2) is 11.6 Å². The predicted molar refractivity (Wildman–Crippen MR) is 76.1 cm³/mol. The van der Waals surface area contributed by atoms with Crippen molar-refractivity contribution in [1.82, 2.24) is 0 Å². The minimum absolute atomic E-state index is 0.131. The number of fused-ring (bicyclic) bond motifs is 1. The molecule has 98 valence electrons. The second-order valence-electron chi connectivity index (χ2n) is 4.53. The Labute approximate surface area is 116 Å². The van der Waals surface area contributed by atoms with E-state index in [2.05, 4.69) is 0 Å². The van der Waals surface area contributed by atoms with Gasteiger partial charge in [0.2, 0.25) is 0 Å². The van der Waals surface area contributed by atoms with Crippen LogP contribution < -0.4 is 4.74 Å². The van der Waals surface area contributed by atoms with Crippen LogP contribution >= 0.6 is 0 Å². The summed E-state index contributed by atoms with van der Waals surface area (Å²) in [7, 11) is 1.53. The predicted octanol–water partition coefficient (Wildman–Crippen LogP) is 3.16. The lowest BCUT2D eigenvalue weighted by Gasteiger charge is -2.16. The van der Waals surface area contributed by atoms with Crippen LogP contribution in [0.3, 0.4) is 0 Å². The van der Waals surface area contributed by atoms with Gasteiger partial charge in [-0.2, -0.15) is 0 Å². The summed E-state index contributed by atoms with van der Waals surface area (Å²) < 4.78 is 5.09. The first-order valence-electron chi connectivity index (χ1n) is 6.25. The highest BCUT2D eigenvalue weighted by Gasteiger charge is 2.26. The molecule has 20 heavy (non-hydrogen) atoms. The van der Waals surface area contributed by atoms with Gasteiger partial charge in [-0.05, 0) is 29.8 Å². The summed E-state index contributed by atoms with van der Waals surface area (Å²) >= 11 is 0. The third-order valence-electron chi connectivity index (χ3n) is 3.34. The van der Waals surface area contributed by atoms with E-state index in [4.69, 9.17) is 4.74 Å². The fourth-order valence-corrected chi connectivity index (χ4v) is 2.30. The van der Waals surface area contributed by atoms with Crippen molar-refractivity contribution in [1.29, 1.82) is 0 Å². The third-order valence-corrected chi connectivity index (χ3v) is 3.34. The number of benzene rings is 2. The van der Waals surface area contributed by atoms with Gasteiger partial charge in [0.1, 0.15) is 5.75 Å². The van der Waals surface area contributed by atoms with E-state index in [1.807, 2.05) is 30.3 Å². The lowest BCUT2D eigenvalue weighted by molar-refractivity contribution is 0.100. The number of rotatable bonds is 2. The van der Waals surface area contributed by atoms with Crippen molar-refractivity contribution in [2.45, 2.75) is 0 Å². The van der Waals surface area contributed by atoms with Gasteiger partial charge in [-0.15, -0.1) is 0 Å². The molecule has 0 saturated carbocycles. The molecule has 0 bridgehead atoms. The van der Waals surface area contributed by atoms with E-state index >= 15 is 0 Å².